The van der Waals surface area contributed by atoms with Crippen molar-refractivity contribution in [3.63, 3.8) is 0 Å². The molecule has 1 aliphatic heterocycles. The van der Waals surface area contributed by atoms with Gasteiger partial charge in [-0.05, 0) is 6.07 Å². The van der Waals surface area contributed by atoms with E-state index in [1.54, 1.807) is 6.20 Å². The van der Waals surface area contributed by atoms with Crippen molar-refractivity contribution in [2.45, 2.75) is 6.18 Å². The smallest absolute Gasteiger partial charge is 0.417 e. The molecule has 9 heteroatoms. The van der Waals surface area contributed by atoms with Gasteiger partial charge in [-0.3, -0.25) is 0 Å². The van der Waals surface area contributed by atoms with Crippen LogP contribution in [0, 0.1) is 0 Å². The van der Waals surface area contributed by atoms with Crippen molar-refractivity contribution >= 4 is 5.82 Å². The Labute approximate surface area is 130 Å². The fourth-order valence-corrected chi connectivity index (χ4v) is 2.19. The number of hydrogen-bond acceptors (Lipinski definition) is 6. The minimum absolute atomic E-state index is 0.0369. The summed E-state index contributed by atoms with van der Waals surface area (Å²) < 4.78 is 43.1. The molecule has 6 nitrogen and oxygen atoms in total. The molecule has 0 bridgehead atoms. The standard InChI is InChI=1S/C14H14F3N5O/c15-14(16,17)10-1-2-11(21-9-10)23-13-12(19-3-4-20-13)22-7-5-18-6-8-22/h1-4,9,18H,5-8H2. The first-order valence-corrected chi connectivity index (χ1v) is 7.02. The maximum Gasteiger partial charge on any atom is 0.417 e. The summed E-state index contributed by atoms with van der Waals surface area (Å²) in [6.07, 6.45) is -0.685. The summed E-state index contributed by atoms with van der Waals surface area (Å²) >= 11 is 0. The zero-order chi connectivity index (χ0) is 16.3. The molecule has 0 unspecified atom stereocenters. The molecule has 23 heavy (non-hydrogen) atoms. The molecule has 1 aliphatic rings. The zero-order valence-corrected chi connectivity index (χ0v) is 12.0. The number of hydrogen-bond donors (Lipinski definition) is 1. The molecular formula is C14H14F3N5O. The largest absolute Gasteiger partial charge is 0.417 e. The number of halogens is 3. The molecule has 0 atom stereocenters. The fourth-order valence-electron chi connectivity index (χ4n) is 2.19. The van der Waals surface area contributed by atoms with E-state index in [4.69, 9.17) is 4.74 Å². The number of rotatable bonds is 3. The predicted molar refractivity (Wildman–Crippen MR) is 76.4 cm³/mol. The summed E-state index contributed by atoms with van der Waals surface area (Å²) in [5, 5.41) is 3.22. The van der Waals surface area contributed by atoms with Crippen LogP contribution in [0.5, 0.6) is 11.8 Å². The molecule has 2 aromatic heterocycles. The van der Waals surface area contributed by atoms with Gasteiger partial charge in [0.1, 0.15) is 0 Å². The Kier molecular flexibility index (Phi) is 4.28. The third-order valence-electron chi connectivity index (χ3n) is 3.33. The topological polar surface area (TPSA) is 63.2 Å². The third kappa shape index (κ3) is 3.67. The van der Waals surface area contributed by atoms with Crippen LogP contribution >= 0.6 is 0 Å². The minimum Gasteiger partial charge on any atom is -0.417 e. The van der Waals surface area contributed by atoms with Crippen molar-refractivity contribution in [1.82, 2.24) is 20.3 Å². The van der Waals surface area contributed by atoms with Crippen LogP contribution in [0.1, 0.15) is 5.56 Å². The Morgan fingerprint density at radius 3 is 2.43 bits per heavy atom. The van der Waals surface area contributed by atoms with Gasteiger partial charge in [-0.25, -0.2) is 15.0 Å². The number of ether oxygens (including phenoxy) is 1. The van der Waals surface area contributed by atoms with Gasteiger partial charge in [-0.15, -0.1) is 0 Å². The van der Waals surface area contributed by atoms with Crippen molar-refractivity contribution in [3.8, 4) is 11.8 Å². The summed E-state index contributed by atoms with van der Waals surface area (Å²) in [7, 11) is 0. The summed E-state index contributed by atoms with van der Waals surface area (Å²) in [5.41, 5.74) is -0.827. The molecule has 2 aromatic rings. The van der Waals surface area contributed by atoms with Crippen LogP contribution in [-0.2, 0) is 6.18 Å². The average Bonchev–Trinajstić information content (AvgIpc) is 2.56. The van der Waals surface area contributed by atoms with E-state index in [-0.39, 0.29) is 11.8 Å². The molecule has 0 spiro atoms. The van der Waals surface area contributed by atoms with Crippen molar-refractivity contribution in [1.29, 1.82) is 0 Å². The van der Waals surface area contributed by atoms with Crippen LogP contribution in [0.2, 0.25) is 0 Å². The Balaban J connectivity index is 1.80. The second-order valence-corrected chi connectivity index (χ2v) is 4.91. The highest BCUT2D eigenvalue weighted by Crippen LogP contribution is 2.31. The van der Waals surface area contributed by atoms with Crippen molar-refractivity contribution in [3.05, 3.63) is 36.3 Å². The molecule has 122 valence electrons. The minimum atomic E-state index is -4.43. The van der Waals surface area contributed by atoms with Crippen molar-refractivity contribution < 1.29 is 17.9 Å². The van der Waals surface area contributed by atoms with Crippen molar-refractivity contribution in [2.24, 2.45) is 0 Å². The second kappa shape index (κ2) is 6.37. The van der Waals surface area contributed by atoms with Gasteiger partial charge in [-0.1, -0.05) is 0 Å². The number of aromatic nitrogens is 3. The predicted octanol–water partition coefficient (Wildman–Crippen LogP) is 2.09. The lowest BCUT2D eigenvalue weighted by atomic mass is 10.3. The summed E-state index contributed by atoms with van der Waals surface area (Å²) in [5.74, 6) is 0.812. The van der Waals surface area contributed by atoms with Crippen LogP contribution in [0.25, 0.3) is 0 Å². The van der Waals surface area contributed by atoms with Gasteiger partial charge in [0.2, 0.25) is 5.88 Å². The van der Waals surface area contributed by atoms with Crippen LogP contribution < -0.4 is 15.0 Å². The number of nitrogens with one attached hydrogen (secondary N) is 1. The van der Waals surface area contributed by atoms with E-state index in [0.717, 1.165) is 38.4 Å². The summed E-state index contributed by atoms with van der Waals surface area (Å²) in [4.78, 5) is 14.1. The van der Waals surface area contributed by atoms with Gasteiger partial charge in [0.05, 0.1) is 5.56 Å². The van der Waals surface area contributed by atoms with Gasteiger partial charge in [0.25, 0.3) is 5.88 Å². The van der Waals surface area contributed by atoms with Crippen LogP contribution in [0.4, 0.5) is 19.0 Å². The molecule has 0 aliphatic carbocycles. The Hall–Kier alpha value is -2.42. The number of pyridine rings is 1. The maximum atomic E-state index is 12.5. The molecule has 1 N–H and O–H groups in total. The number of piperazine rings is 1. The first kappa shape index (κ1) is 15.5. The lowest BCUT2D eigenvalue weighted by Gasteiger charge is -2.28. The SMILES string of the molecule is FC(F)(F)c1ccc(Oc2nccnc2N2CCNCC2)nc1. The van der Waals surface area contributed by atoms with E-state index >= 15 is 0 Å². The fraction of sp³-hybridized carbons (Fsp3) is 0.357. The van der Waals surface area contributed by atoms with Gasteiger partial charge in [0.15, 0.2) is 5.82 Å². The first-order chi connectivity index (χ1) is 11.0. The third-order valence-corrected chi connectivity index (χ3v) is 3.33. The molecule has 1 saturated heterocycles. The van der Waals surface area contributed by atoms with Crippen LogP contribution in [0.3, 0.4) is 0 Å². The quantitative estimate of drug-likeness (QED) is 0.932. The molecule has 0 amide bonds. The normalized spacial score (nSPS) is 15.5. The first-order valence-electron chi connectivity index (χ1n) is 7.02. The second-order valence-electron chi connectivity index (χ2n) is 4.91. The van der Waals surface area contributed by atoms with E-state index < -0.39 is 11.7 Å². The van der Waals surface area contributed by atoms with E-state index in [1.165, 1.54) is 12.3 Å². The monoisotopic (exact) mass is 325 g/mol. The molecule has 3 rings (SSSR count). The average molecular weight is 325 g/mol. The van der Waals surface area contributed by atoms with Crippen LogP contribution in [-0.4, -0.2) is 41.1 Å². The van der Waals surface area contributed by atoms with Gasteiger partial charge >= 0.3 is 6.18 Å². The van der Waals surface area contributed by atoms with Gasteiger partial charge in [-0.2, -0.15) is 13.2 Å². The van der Waals surface area contributed by atoms with E-state index in [9.17, 15) is 13.2 Å². The zero-order valence-electron chi connectivity index (χ0n) is 12.0. The molecular weight excluding hydrogens is 311 g/mol. The molecule has 1 fully saturated rings. The van der Waals surface area contributed by atoms with E-state index in [2.05, 4.69) is 20.3 Å². The number of anilines is 1. The number of alkyl halides is 3. The lowest BCUT2D eigenvalue weighted by molar-refractivity contribution is -0.137. The Morgan fingerprint density at radius 2 is 1.78 bits per heavy atom. The van der Waals surface area contributed by atoms with Crippen molar-refractivity contribution in [2.75, 3.05) is 31.1 Å². The molecule has 0 aromatic carbocycles. The lowest BCUT2D eigenvalue weighted by Crippen LogP contribution is -2.44. The molecule has 0 radical (unpaired) electrons. The maximum absolute atomic E-state index is 12.5. The van der Waals surface area contributed by atoms with Gasteiger partial charge < -0.3 is 15.0 Å². The Morgan fingerprint density at radius 1 is 1.04 bits per heavy atom. The highest BCUT2D eigenvalue weighted by atomic mass is 19.4. The van der Waals surface area contributed by atoms with E-state index in [0.29, 0.717) is 5.82 Å². The highest BCUT2D eigenvalue weighted by molar-refractivity contribution is 5.49. The van der Waals surface area contributed by atoms with Crippen LogP contribution in [0.15, 0.2) is 30.7 Å². The number of nitrogens with zero attached hydrogens (tertiary/aromatic N) is 4. The van der Waals surface area contributed by atoms with E-state index in [1.807, 2.05) is 4.90 Å². The Bertz CT molecular complexity index is 656. The summed E-state index contributed by atoms with van der Waals surface area (Å²) in [6, 6.07) is 2.09. The molecule has 3 heterocycles. The highest BCUT2D eigenvalue weighted by Gasteiger charge is 2.30. The van der Waals surface area contributed by atoms with Gasteiger partial charge in [0, 0.05) is 50.8 Å². The summed E-state index contributed by atoms with van der Waals surface area (Å²) in [6.45, 7) is 3.12. The molecule has 0 saturated carbocycles.